The number of halogens is 1. The number of benzene rings is 2. The van der Waals surface area contributed by atoms with Crippen LogP contribution in [0.15, 0.2) is 42.5 Å². The van der Waals surface area contributed by atoms with Crippen molar-refractivity contribution >= 4 is 29.3 Å². The standard InChI is InChI=1S/C21H22ClNO3S/c22-17-6-3-15(4-7-17)13-27-14-21(24)23-9-1-2-18(23)16-5-8-19-20(12-16)26-11-10-25-19/h3-8,12,18H,1-2,9-11,13-14H2/t18-/m0/s1. The van der Waals surface area contributed by atoms with Gasteiger partial charge in [0.15, 0.2) is 11.5 Å². The smallest absolute Gasteiger partial charge is 0.233 e. The number of hydrogen-bond acceptors (Lipinski definition) is 4. The lowest BCUT2D eigenvalue weighted by Crippen LogP contribution is -2.32. The van der Waals surface area contributed by atoms with E-state index < -0.39 is 0 Å². The summed E-state index contributed by atoms with van der Waals surface area (Å²) in [5.41, 5.74) is 2.31. The fraction of sp³-hybridized carbons (Fsp3) is 0.381. The topological polar surface area (TPSA) is 38.8 Å². The second-order valence-electron chi connectivity index (χ2n) is 6.77. The lowest BCUT2D eigenvalue weighted by molar-refractivity contribution is -0.129. The Kier molecular flexibility index (Phi) is 5.79. The number of thioether (sulfide) groups is 1. The Bertz CT molecular complexity index is 812. The molecule has 2 aliphatic heterocycles. The first-order valence-corrected chi connectivity index (χ1v) is 10.8. The molecular weight excluding hydrogens is 382 g/mol. The molecule has 4 rings (SSSR count). The molecule has 4 nitrogen and oxygen atoms in total. The minimum absolute atomic E-state index is 0.129. The third kappa shape index (κ3) is 4.36. The number of ether oxygens (including phenoxy) is 2. The third-order valence-electron chi connectivity index (χ3n) is 4.93. The van der Waals surface area contributed by atoms with Crippen LogP contribution in [0, 0.1) is 0 Å². The highest BCUT2D eigenvalue weighted by Crippen LogP contribution is 2.38. The van der Waals surface area contributed by atoms with E-state index in [0.717, 1.165) is 47.2 Å². The van der Waals surface area contributed by atoms with Crippen LogP contribution >= 0.6 is 23.4 Å². The molecule has 0 unspecified atom stereocenters. The highest BCUT2D eigenvalue weighted by Gasteiger charge is 2.30. The monoisotopic (exact) mass is 403 g/mol. The van der Waals surface area contributed by atoms with Crippen molar-refractivity contribution in [3.63, 3.8) is 0 Å². The second-order valence-corrected chi connectivity index (χ2v) is 8.19. The molecule has 0 saturated carbocycles. The van der Waals surface area contributed by atoms with Crippen molar-refractivity contribution in [2.45, 2.75) is 24.6 Å². The van der Waals surface area contributed by atoms with Gasteiger partial charge in [-0.15, -0.1) is 11.8 Å². The summed E-state index contributed by atoms with van der Waals surface area (Å²) < 4.78 is 11.3. The molecule has 0 aliphatic carbocycles. The Morgan fingerprint density at radius 2 is 1.89 bits per heavy atom. The summed E-state index contributed by atoms with van der Waals surface area (Å²) in [5, 5.41) is 0.735. The maximum absolute atomic E-state index is 12.8. The molecule has 1 saturated heterocycles. The zero-order valence-corrected chi connectivity index (χ0v) is 16.6. The third-order valence-corrected chi connectivity index (χ3v) is 6.17. The summed E-state index contributed by atoms with van der Waals surface area (Å²) in [4.78, 5) is 14.8. The summed E-state index contributed by atoms with van der Waals surface area (Å²) in [6.07, 6.45) is 2.03. The van der Waals surface area contributed by atoms with E-state index in [1.54, 1.807) is 11.8 Å². The Morgan fingerprint density at radius 3 is 2.70 bits per heavy atom. The lowest BCUT2D eigenvalue weighted by atomic mass is 10.0. The largest absolute Gasteiger partial charge is 0.486 e. The van der Waals surface area contributed by atoms with E-state index >= 15 is 0 Å². The van der Waals surface area contributed by atoms with E-state index in [9.17, 15) is 4.79 Å². The number of hydrogen-bond donors (Lipinski definition) is 0. The van der Waals surface area contributed by atoms with Crippen LogP contribution in [0.25, 0.3) is 0 Å². The first-order valence-electron chi connectivity index (χ1n) is 9.22. The molecule has 2 aromatic carbocycles. The van der Waals surface area contributed by atoms with Crippen molar-refractivity contribution in [3.8, 4) is 11.5 Å². The predicted octanol–water partition coefficient (Wildman–Crippen LogP) is 4.71. The Hall–Kier alpha value is -1.85. The van der Waals surface area contributed by atoms with E-state index in [4.69, 9.17) is 21.1 Å². The fourth-order valence-corrected chi connectivity index (χ4v) is 4.60. The molecule has 1 atom stereocenters. The van der Waals surface area contributed by atoms with Gasteiger partial charge in [-0.25, -0.2) is 0 Å². The molecule has 27 heavy (non-hydrogen) atoms. The van der Waals surface area contributed by atoms with Crippen molar-refractivity contribution in [2.75, 3.05) is 25.5 Å². The average Bonchev–Trinajstić information content (AvgIpc) is 3.19. The normalized spacial score (nSPS) is 18.6. The number of carbonyl (C=O) groups is 1. The average molecular weight is 404 g/mol. The molecule has 0 N–H and O–H groups in total. The minimum Gasteiger partial charge on any atom is -0.486 e. The molecule has 2 aromatic rings. The van der Waals surface area contributed by atoms with Gasteiger partial charge in [0, 0.05) is 17.3 Å². The summed E-state index contributed by atoms with van der Waals surface area (Å²) >= 11 is 7.56. The van der Waals surface area contributed by atoms with Gasteiger partial charge in [0.1, 0.15) is 13.2 Å². The molecule has 1 fully saturated rings. The van der Waals surface area contributed by atoms with Gasteiger partial charge in [0.05, 0.1) is 11.8 Å². The number of rotatable bonds is 5. The van der Waals surface area contributed by atoms with Crippen LogP contribution in [-0.2, 0) is 10.5 Å². The number of amides is 1. The SMILES string of the molecule is O=C(CSCc1ccc(Cl)cc1)N1CCC[C@H]1c1ccc2c(c1)OCCO2. The Labute approximate surface area is 168 Å². The lowest BCUT2D eigenvalue weighted by Gasteiger charge is -2.26. The van der Waals surface area contributed by atoms with Gasteiger partial charge in [-0.05, 0) is 48.2 Å². The Balaban J connectivity index is 1.37. The van der Waals surface area contributed by atoms with Gasteiger partial charge in [0.25, 0.3) is 0 Å². The molecule has 6 heteroatoms. The second kappa shape index (κ2) is 8.44. The fourth-order valence-electron chi connectivity index (χ4n) is 3.60. The van der Waals surface area contributed by atoms with Gasteiger partial charge in [-0.3, -0.25) is 4.79 Å². The van der Waals surface area contributed by atoms with Gasteiger partial charge in [-0.1, -0.05) is 29.8 Å². The maximum Gasteiger partial charge on any atom is 0.233 e. The van der Waals surface area contributed by atoms with Crippen LogP contribution in [0.3, 0.4) is 0 Å². The number of fused-ring (bicyclic) bond motifs is 1. The zero-order chi connectivity index (χ0) is 18.6. The summed E-state index contributed by atoms with van der Waals surface area (Å²) in [5.74, 6) is 3.08. The van der Waals surface area contributed by atoms with Crippen LogP contribution in [-0.4, -0.2) is 36.3 Å². The van der Waals surface area contributed by atoms with Gasteiger partial charge in [0.2, 0.25) is 5.91 Å². The highest BCUT2D eigenvalue weighted by atomic mass is 35.5. The van der Waals surface area contributed by atoms with Crippen molar-refractivity contribution in [2.24, 2.45) is 0 Å². The minimum atomic E-state index is 0.129. The molecule has 0 bridgehead atoms. The number of likely N-dealkylation sites (tertiary alicyclic amines) is 1. The van der Waals surface area contributed by atoms with Crippen LogP contribution in [0.2, 0.25) is 5.02 Å². The van der Waals surface area contributed by atoms with E-state index in [1.165, 1.54) is 5.56 Å². The van der Waals surface area contributed by atoms with Crippen molar-refractivity contribution in [3.05, 3.63) is 58.6 Å². The van der Waals surface area contributed by atoms with Crippen molar-refractivity contribution in [1.82, 2.24) is 4.90 Å². The highest BCUT2D eigenvalue weighted by molar-refractivity contribution is 7.99. The van der Waals surface area contributed by atoms with E-state index in [1.807, 2.05) is 41.3 Å². The van der Waals surface area contributed by atoms with E-state index in [0.29, 0.717) is 19.0 Å². The number of nitrogens with zero attached hydrogens (tertiary/aromatic N) is 1. The molecule has 142 valence electrons. The predicted molar refractivity (Wildman–Crippen MR) is 109 cm³/mol. The molecule has 2 aliphatic rings. The summed E-state index contributed by atoms with van der Waals surface area (Å²) in [6, 6.07) is 14.0. The Morgan fingerprint density at radius 1 is 1.11 bits per heavy atom. The maximum atomic E-state index is 12.8. The van der Waals surface area contributed by atoms with Gasteiger partial charge < -0.3 is 14.4 Å². The quantitative estimate of drug-likeness (QED) is 0.724. The molecule has 0 spiro atoms. The molecule has 0 aromatic heterocycles. The summed E-state index contributed by atoms with van der Waals surface area (Å²) in [7, 11) is 0. The van der Waals surface area contributed by atoms with Gasteiger partial charge in [-0.2, -0.15) is 0 Å². The van der Waals surface area contributed by atoms with Crippen molar-refractivity contribution < 1.29 is 14.3 Å². The van der Waals surface area contributed by atoms with Crippen LogP contribution in [0.5, 0.6) is 11.5 Å². The van der Waals surface area contributed by atoms with Crippen LogP contribution in [0.4, 0.5) is 0 Å². The van der Waals surface area contributed by atoms with Crippen LogP contribution < -0.4 is 9.47 Å². The van der Waals surface area contributed by atoms with Crippen LogP contribution in [0.1, 0.15) is 30.0 Å². The first kappa shape index (κ1) is 18.5. The molecule has 0 radical (unpaired) electrons. The molecular formula is C21H22ClNO3S. The van der Waals surface area contributed by atoms with Gasteiger partial charge >= 0.3 is 0 Å². The van der Waals surface area contributed by atoms with Crippen molar-refractivity contribution in [1.29, 1.82) is 0 Å². The first-order chi connectivity index (χ1) is 13.2. The zero-order valence-electron chi connectivity index (χ0n) is 15.0. The number of carbonyl (C=O) groups excluding carboxylic acids is 1. The molecule has 2 heterocycles. The van der Waals surface area contributed by atoms with E-state index in [2.05, 4.69) is 6.07 Å². The molecule has 1 amide bonds. The summed E-state index contributed by atoms with van der Waals surface area (Å²) in [6.45, 7) is 1.98. The van der Waals surface area contributed by atoms with E-state index in [-0.39, 0.29) is 11.9 Å².